The molecule has 5 heteroatoms. The van der Waals surface area contributed by atoms with Gasteiger partial charge in [0.15, 0.2) is 5.78 Å². The SMILES string of the molecule is O=C(NC[C@H]1CC[C@@H](CO)O1)c1ccccc1C(=O)c1ccccc1. The molecular weight excluding hydrogens is 318 g/mol. The molecule has 0 aliphatic carbocycles. The highest BCUT2D eigenvalue weighted by Crippen LogP contribution is 2.19. The van der Waals surface area contributed by atoms with Gasteiger partial charge in [-0.1, -0.05) is 48.5 Å². The largest absolute Gasteiger partial charge is 0.394 e. The zero-order valence-corrected chi connectivity index (χ0v) is 13.9. The van der Waals surface area contributed by atoms with Crippen LogP contribution in [0, 0.1) is 0 Å². The van der Waals surface area contributed by atoms with Crippen LogP contribution in [-0.2, 0) is 4.74 Å². The summed E-state index contributed by atoms with van der Waals surface area (Å²) in [5.74, 6) is -0.472. The van der Waals surface area contributed by atoms with Crippen molar-refractivity contribution in [3.63, 3.8) is 0 Å². The van der Waals surface area contributed by atoms with E-state index in [1.54, 1.807) is 48.5 Å². The van der Waals surface area contributed by atoms with Crippen molar-refractivity contribution in [2.75, 3.05) is 13.2 Å². The molecule has 1 aliphatic rings. The predicted octanol–water partition coefficient (Wildman–Crippen LogP) is 2.19. The van der Waals surface area contributed by atoms with Gasteiger partial charge in [-0.25, -0.2) is 0 Å². The molecule has 25 heavy (non-hydrogen) atoms. The summed E-state index contributed by atoms with van der Waals surface area (Å²) in [6, 6.07) is 15.7. The van der Waals surface area contributed by atoms with Gasteiger partial charge in [-0.15, -0.1) is 0 Å². The Labute approximate surface area is 146 Å². The number of carbonyl (C=O) groups is 2. The standard InChI is InChI=1S/C20H21NO4/c22-13-16-11-10-15(25-16)12-21-20(24)18-9-5-4-8-17(18)19(23)14-6-2-1-3-7-14/h1-9,15-16,22H,10-13H2,(H,21,24)/t15-,16+/m1/s1. The summed E-state index contributed by atoms with van der Waals surface area (Å²) in [6.07, 6.45) is 1.35. The number of aliphatic hydroxyl groups is 1. The third-order valence-corrected chi connectivity index (χ3v) is 4.34. The van der Waals surface area contributed by atoms with Crippen molar-refractivity contribution >= 4 is 11.7 Å². The molecule has 0 spiro atoms. The van der Waals surface area contributed by atoms with Gasteiger partial charge in [0.1, 0.15) is 0 Å². The maximum Gasteiger partial charge on any atom is 0.252 e. The number of aliphatic hydroxyl groups excluding tert-OH is 1. The normalized spacial score (nSPS) is 19.6. The molecule has 0 aromatic heterocycles. The van der Waals surface area contributed by atoms with Crippen LogP contribution in [0.2, 0.25) is 0 Å². The molecule has 3 rings (SSSR count). The van der Waals surface area contributed by atoms with E-state index < -0.39 is 0 Å². The van der Waals surface area contributed by atoms with Gasteiger partial charge in [0.05, 0.1) is 24.4 Å². The first-order valence-electron chi connectivity index (χ1n) is 8.42. The van der Waals surface area contributed by atoms with Crippen LogP contribution < -0.4 is 5.32 Å². The predicted molar refractivity (Wildman–Crippen MR) is 93.6 cm³/mol. The number of carbonyl (C=O) groups excluding carboxylic acids is 2. The summed E-state index contributed by atoms with van der Waals surface area (Å²) in [5.41, 5.74) is 1.28. The van der Waals surface area contributed by atoms with Crippen LogP contribution in [0.4, 0.5) is 0 Å². The van der Waals surface area contributed by atoms with Gasteiger partial charge in [-0.3, -0.25) is 9.59 Å². The Kier molecular flexibility index (Phi) is 5.58. The minimum absolute atomic E-state index is 0.00113. The highest BCUT2D eigenvalue weighted by molar-refractivity contribution is 6.15. The quantitative estimate of drug-likeness (QED) is 0.791. The smallest absolute Gasteiger partial charge is 0.252 e. The average molecular weight is 339 g/mol. The summed E-state index contributed by atoms with van der Waals surface area (Å²) < 4.78 is 5.61. The monoisotopic (exact) mass is 339 g/mol. The van der Waals surface area contributed by atoms with Gasteiger partial charge >= 0.3 is 0 Å². The molecule has 1 fully saturated rings. The molecule has 2 atom stereocenters. The Bertz CT molecular complexity index is 744. The van der Waals surface area contributed by atoms with E-state index in [9.17, 15) is 9.59 Å². The molecule has 0 saturated carbocycles. The molecule has 2 aromatic carbocycles. The van der Waals surface area contributed by atoms with E-state index in [2.05, 4.69) is 5.32 Å². The van der Waals surface area contributed by atoms with Gasteiger partial charge in [0.2, 0.25) is 0 Å². The number of nitrogens with one attached hydrogen (secondary N) is 1. The Balaban J connectivity index is 1.70. The highest BCUT2D eigenvalue weighted by atomic mass is 16.5. The number of hydrogen-bond acceptors (Lipinski definition) is 4. The van der Waals surface area contributed by atoms with Crippen molar-refractivity contribution in [2.45, 2.75) is 25.0 Å². The number of hydrogen-bond donors (Lipinski definition) is 2. The van der Waals surface area contributed by atoms with E-state index in [1.165, 1.54) is 0 Å². The third kappa shape index (κ3) is 4.13. The third-order valence-electron chi connectivity index (χ3n) is 4.34. The number of ether oxygens (including phenoxy) is 1. The Hall–Kier alpha value is -2.50. The first-order chi connectivity index (χ1) is 12.2. The van der Waals surface area contributed by atoms with Crippen LogP contribution in [0.15, 0.2) is 54.6 Å². The van der Waals surface area contributed by atoms with Crippen LogP contribution >= 0.6 is 0 Å². The summed E-state index contributed by atoms with van der Waals surface area (Å²) >= 11 is 0. The van der Waals surface area contributed by atoms with Crippen LogP contribution in [0.3, 0.4) is 0 Å². The van der Waals surface area contributed by atoms with Crippen molar-refractivity contribution in [1.82, 2.24) is 5.32 Å². The first kappa shape index (κ1) is 17.3. The molecule has 0 radical (unpaired) electrons. The molecule has 1 saturated heterocycles. The van der Waals surface area contributed by atoms with E-state index in [4.69, 9.17) is 9.84 Å². The summed E-state index contributed by atoms with van der Waals surface area (Å²) in [7, 11) is 0. The first-order valence-corrected chi connectivity index (χ1v) is 8.42. The van der Waals surface area contributed by atoms with E-state index in [0.717, 1.165) is 12.8 Å². The number of benzene rings is 2. The van der Waals surface area contributed by atoms with Crippen molar-refractivity contribution in [3.05, 3.63) is 71.3 Å². The lowest BCUT2D eigenvalue weighted by Gasteiger charge is -2.14. The topological polar surface area (TPSA) is 75.6 Å². The van der Waals surface area contributed by atoms with Gasteiger partial charge in [0, 0.05) is 17.7 Å². The molecule has 0 unspecified atom stereocenters. The van der Waals surface area contributed by atoms with Crippen molar-refractivity contribution < 1.29 is 19.4 Å². The van der Waals surface area contributed by atoms with Gasteiger partial charge in [-0.05, 0) is 18.9 Å². The summed E-state index contributed by atoms with van der Waals surface area (Å²) in [4.78, 5) is 25.2. The molecule has 5 nitrogen and oxygen atoms in total. The molecule has 1 amide bonds. The van der Waals surface area contributed by atoms with Gasteiger partial charge in [-0.2, -0.15) is 0 Å². The number of rotatable bonds is 6. The maximum atomic E-state index is 12.7. The molecule has 1 heterocycles. The molecule has 1 aliphatic heterocycles. The molecule has 2 aromatic rings. The van der Waals surface area contributed by atoms with E-state index in [0.29, 0.717) is 23.2 Å². The molecule has 0 bridgehead atoms. The fraction of sp³-hybridized carbons (Fsp3) is 0.300. The van der Waals surface area contributed by atoms with Gasteiger partial charge in [0.25, 0.3) is 5.91 Å². The van der Waals surface area contributed by atoms with E-state index in [1.807, 2.05) is 6.07 Å². The lowest BCUT2D eigenvalue weighted by Crippen LogP contribution is -2.33. The fourth-order valence-corrected chi connectivity index (χ4v) is 2.99. The minimum Gasteiger partial charge on any atom is -0.394 e. The second kappa shape index (κ2) is 8.05. The Morgan fingerprint density at radius 3 is 2.28 bits per heavy atom. The van der Waals surface area contributed by atoms with Crippen LogP contribution in [0.1, 0.15) is 39.1 Å². The maximum absolute atomic E-state index is 12.7. The lowest BCUT2D eigenvalue weighted by molar-refractivity contribution is 0.0125. The number of amides is 1. The Morgan fingerprint density at radius 2 is 1.60 bits per heavy atom. The summed E-state index contributed by atoms with van der Waals surface area (Å²) in [5, 5.41) is 11.9. The van der Waals surface area contributed by atoms with Crippen LogP contribution in [0.5, 0.6) is 0 Å². The molecular formula is C20H21NO4. The lowest BCUT2D eigenvalue weighted by atomic mass is 9.98. The minimum atomic E-state index is -0.295. The second-order valence-electron chi connectivity index (χ2n) is 6.09. The van der Waals surface area contributed by atoms with Crippen LogP contribution in [-0.4, -0.2) is 42.2 Å². The zero-order valence-electron chi connectivity index (χ0n) is 13.9. The van der Waals surface area contributed by atoms with Crippen molar-refractivity contribution in [1.29, 1.82) is 0 Å². The fourth-order valence-electron chi connectivity index (χ4n) is 2.99. The van der Waals surface area contributed by atoms with Crippen LogP contribution in [0.25, 0.3) is 0 Å². The molecule has 2 N–H and O–H groups in total. The van der Waals surface area contributed by atoms with Crippen molar-refractivity contribution in [2.24, 2.45) is 0 Å². The Morgan fingerprint density at radius 1 is 0.960 bits per heavy atom. The summed E-state index contributed by atoms with van der Waals surface area (Å²) in [6.45, 7) is 0.363. The molecule has 130 valence electrons. The zero-order chi connectivity index (χ0) is 17.6. The van der Waals surface area contributed by atoms with Crippen molar-refractivity contribution in [3.8, 4) is 0 Å². The van der Waals surface area contributed by atoms with E-state index in [-0.39, 0.29) is 30.5 Å². The second-order valence-corrected chi connectivity index (χ2v) is 6.09. The van der Waals surface area contributed by atoms with E-state index >= 15 is 0 Å². The number of ketones is 1. The highest BCUT2D eigenvalue weighted by Gasteiger charge is 2.25. The van der Waals surface area contributed by atoms with Gasteiger partial charge < -0.3 is 15.2 Å². The average Bonchev–Trinajstić information content (AvgIpc) is 3.14.